The number of hydrogen-bond donors (Lipinski definition) is 2. The summed E-state index contributed by atoms with van der Waals surface area (Å²) in [7, 11) is -0.982. The third kappa shape index (κ3) is 3.91. The Morgan fingerprint density at radius 2 is 2.08 bits per heavy atom. The molecule has 3 rings (SSSR count). The van der Waals surface area contributed by atoms with Crippen molar-refractivity contribution in [1.29, 1.82) is 0 Å². The van der Waals surface area contributed by atoms with E-state index in [1.165, 1.54) is 6.33 Å². The molecule has 0 saturated carbocycles. The summed E-state index contributed by atoms with van der Waals surface area (Å²) in [5.41, 5.74) is 7.03. The zero-order valence-corrected chi connectivity index (χ0v) is 15.3. The summed E-state index contributed by atoms with van der Waals surface area (Å²) in [5.74, 6) is 0.476. The second-order valence-corrected chi connectivity index (χ2v) is 7.29. The lowest BCUT2D eigenvalue weighted by Gasteiger charge is -2.21. The van der Waals surface area contributed by atoms with E-state index in [2.05, 4.69) is 15.0 Å². The van der Waals surface area contributed by atoms with Crippen molar-refractivity contribution in [2.45, 2.75) is 32.6 Å². The van der Waals surface area contributed by atoms with Gasteiger partial charge in [0.05, 0.1) is 32.3 Å². The number of aliphatic hydroxyl groups is 1. The summed E-state index contributed by atoms with van der Waals surface area (Å²) in [5, 5.41) is 9.71. The number of fused-ring (bicyclic) bond motifs is 1. The number of anilines is 1. The third-order valence-electron chi connectivity index (χ3n) is 4.17. The first-order chi connectivity index (χ1) is 12.2. The summed E-state index contributed by atoms with van der Waals surface area (Å²) < 4.78 is 19.3. The van der Waals surface area contributed by atoms with Crippen molar-refractivity contribution in [3.63, 3.8) is 0 Å². The van der Waals surface area contributed by atoms with Gasteiger partial charge in [-0.05, 0) is 26.2 Å². The monoisotopic (exact) mass is 369 g/mol. The van der Waals surface area contributed by atoms with Crippen LogP contribution in [0.15, 0.2) is 12.7 Å². The SMILES string of the molecule is CCOP(C[C@H]1C[C@H](n2cnc3c(N)ncnc32)O[C@@H]1CO)OCC. The van der Waals surface area contributed by atoms with E-state index in [-0.39, 0.29) is 24.9 Å². The maximum Gasteiger partial charge on any atom is 0.170 e. The summed E-state index contributed by atoms with van der Waals surface area (Å²) >= 11 is 0. The smallest absolute Gasteiger partial charge is 0.170 e. The van der Waals surface area contributed by atoms with Gasteiger partial charge in [-0.15, -0.1) is 0 Å². The van der Waals surface area contributed by atoms with E-state index >= 15 is 0 Å². The number of nitrogen functional groups attached to an aromatic ring is 1. The minimum Gasteiger partial charge on any atom is -0.394 e. The molecule has 0 bridgehead atoms. The molecule has 3 atom stereocenters. The van der Waals surface area contributed by atoms with E-state index in [0.29, 0.717) is 30.2 Å². The van der Waals surface area contributed by atoms with Gasteiger partial charge < -0.3 is 24.6 Å². The largest absolute Gasteiger partial charge is 0.394 e. The van der Waals surface area contributed by atoms with Crippen LogP contribution in [-0.4, -0.2) is 56.7 Å². The number of aliphatic hydroxyl groups excluding tert-OH is 1. The fraction of sp³-hybridized carbons (Fsp3) is 0.667. The lowest BCUT2D eigenvalue weighted by molar-refractivity contribution is -0.0277. The van der Waals surface area contributed by atoms with E-state index in [4.69, 9.17) is 19.5 Å². The van der Waals surface area contributed by atoms with Crippen molar-refractivity contribution >= 4 is 25.4 Å². The maximum absolute atomic E-state index is 9.71. The van der Waals surface area contributed by atoms with Gasteiger partial charge >= 0.3 is 0 Å². The Bertz CT molecular complexity index is 694. The topological polar surface area (TPSA) is 118 Å². The predicted octanol–water partition coefficient (Wildman–Crippen LogP) is 1.69. The number of rotatable bonds is 8. The second-order valence-electron chi connectivity index (χ2n) is 5.74. The number of aromatic nitrogens is 4. The average Bonchev–Trinajstić information content (AvgIpc) is 3.20. The van der Waals surface area contributed by atoms with Crippen LogP contribution < -0.4 is 5.73 Å². The summed E-state index contributed by atoms with van der Waals surface area (Å²) in [4.78, 5) is 12.5. The van der Waals surface area contributed by atoms with Crippen LogP contribution in [0.25, 0.3) is 11.2 Å². The molecule has 3 N–H and O–H groups in total. The fourth-order valence-corrected chi connectivity index (χ4v) is 4.67. The number of hydrogen-bond acceptors (Lipinski definition) is 8. The predicted molar refractivity (Wildman–Crippen MR) is 93.9 cm³/mol. The van der Waals surface area contributed by atoms with Crippen LogP contribution in [0.4, 0.5) is 5.82 Å². The maximum atomic E-state index is 9.71. The van der Waals surface area contributed by atoms with Crippen molar-refractivity contribution in [3.05, 3.63) is 12.7 Å². The van der Waals surface area contributed by atoms with Gasteiger partial charge in [-0.2, -0.15) is 0 Å². The molecular formula is C15H24N5O4P. The molecule has 2 aromatic rings. The Hall–Kier alpha value is -1.38. The molecule has 0 radical (unpaired) electrons. The quantitative estimate of drug-likeness (QED) is 0.675. The molecule has 0 amide bonds. The zero-order chi connectivity index (χ0) is 17.8. The van der Waals surface area contributed by atoms with Gasteiger partial charge in [0.1, 0.15) is 18.1 Å². The average molecular weight is 369 g/mol. The molecule has 0 aromatic carbocycles. The molecule has 0 unspecified atom stereocenters. The first-order valence-corrected chi connectivity index (χ1v) is 9.76. The van der Waals surface area contributed by atoms with E-state index in [0.717, 1.165) is 12.6 Å². The molecule has 1 aliphatic rings. The van der Waals surface area contributed by atoms with Crippen molar-refractivity contribution in [3.8, 4) is 0 Å². The first kappa shape index (κ1) is 18.4. The number of nitrogens with two attached hydrogens (primary N) is 1. The molecule has 1 fully saturated rings. The molecule has 10 heteroatoms. The van der Waals surface area contributed by atoms with Crippen LogP contribution in [-0.2, 0) is 13.8 Å². The van der Waals surface area contributed by atoms with Crippen molar-refractivity contribution in [2.75, 3.05) is 31.7 Å². The number of ether oxygens (including phenoxy) is 1. The minimum atomic E-state index is -0.982. The van der Waals surface area contributed by atoms with Gasteiger partial charge in [-0.1, -0.05) is 0 Å². The Labute approximate surface area is 147 Å². The Balaban J connectivity index is 1.77. The molecule has 25 heavy (non-hydrogen) atoms. The van der Waals surface area contributed by atoms with Gasteiger partial charge in [0.25, 0.3) is 0 Å². The lowest BCUT2D eigenvalue weighted by atomic mass is 10.0. The van der Waals surface area contributed by atoms with Crippen molar-refractivity contribution in [1.82, 2.24) is 19.5 Å². The molecule has 138 valence electrons. The van der Waals surface area contributed by atoms with Crippen LogP contribution in [0.1, 0.15) is 26.5 Å². The standard InChI is InChI=1S/C15H24N5O4P/c1-3-22-25(23-4-2)7-10-5-12(24-11(10)6-21)20-9-19-13-14(16)17-8-18-15(13)20/h8-12,21H,3-7H2,1-2H3,(H2,16,17,18)/t10-,11-,12-/m1/s1. The molecule has 3 heterocycles. The van der Waals surface area contributed by atoms with Crippen LogP contribution in [0.2, 0.25) is 0 Å². The normalized spacial score (nSPS) is 23.8. The Morgan fingerprint density at radius 1 is 1.32 bits per heavy atom. The van der Waals surface area contributed by atoms with Gasteiger partial charge in [0, 0.05) is 6.16 Å². The third-order valence-corrected chi connectivity index (χ3v) is 6.03. The highest BCUT2D eigenvalue weighted by Gasteiger charge is 2.38. The van der Waals surface area contributed by atoms with Crippen LogP contribution >= 0.6 is 8.38 Å². The van der Waals surface area contributed by atoms with Crippen molar-refractivity contribution < 1.29 is 18.9 Å². The Kier molecular flexibility index (Phi) is 6.14. The highest BCUT2D eigenvalue weighted by molar-refractivity contribution is 7.47. The first-order valence-electron chi connectivity index (χ1n) is 8.40. The number of nitrogens with zero attached hydrogens (tertiary/aromatic N) is 4. The highest BCUT2D eigenvalue weighted by atomic mass is 31.2. The van der Waals surface area contributed by atoms with Crippen LogP contribution in [0.5, 0.6) is 0 Å². The van der Waals surface area contributed by atoms with E-state index < -0.39 is 8.38 Å². The van der Waals surface area contributed by atoms with Crippen LogP contribution in [0.3, 0.4) is 0 Å². The van der Waals surface area contributed by atoms with Gasteiger partial charge in [-0.25, -0.2) is 15.0 Å². The number of imidazole rings is 1. The zero-order valence-electron chi connectivity index (χ0n) is 14.4. The summed E-state index contributed by atoms with van der Waals surface area (Å²) in [6, 6.07) is 0. The molecule has 1 aliphatic heterocycles. The van der Waals surface area contributed by atoms with Gasteiger partial charge in [0.15, 0.2) is 19.8 Å². The summed E-state index contributed by atoms with van der Waals surface area (Å²) in [6.07, 6.45) is 3.98. The van der Waals surface area contributed by atoms with Gasteiger partial charge in [0.2, 0.25) is 0 Å². The van der Waals surface area contributed by atoms with Crippen molar-refractivity contribution in [2.24, 2.45) is 5.92 Å². The molecule has 1 saturated heterocycles. The molecular weight excluding hydrogens is 345 g/mol. The molecule has 0 aliphatic carbocycles. The molecule has 2 aromatic heterocycles. The van der Waals surface area contributed by atoms with Gasteiger partial charge in [-0.3, -0.25) is 4.57 Å². The van der Waals surface area contributed by atoms with E-state index in [1.54, 1.807) is 6.33 Å². The lowest BCUT2D eigenvalue weighted by Crippen LogP contribution is -2.23. The van der Waals surface area contributed by atoms with Crippen LogP contribution in [0, 0.1) is 5.92 Å². The minimum absolute atomic E-state index is 0.0493. The second kappa shape index (κ2) is 8.33. The molecule has 9 nitrogen and oxygen atoms in total. The highest BCUT2D eigenvalue weighted by Crippen LogP contribution is 2.46. The van der Waals surface area contributed by atoms with E-state index in [1.807, 2.05) is 18.4 Å². The molecule has 0 spiro atoms. The fourth-order valence-electron chi connectivity index (χ4n) is 3.05. The van der Waals surface area contributed by atoms with E-state index in [9.17, 15) is 5.11 Å². The Morgan fingerprint density at radius 3 is 2.76 bits per heavy atom. The summed E-state index contributed by atoms with van der Waals surface area (Å²) in [6.45, 7) is 5.07.